The Kier molecular flexibility index (Phi) is 4.15. The summed E-state index contributed by atoms with van der Waals surface area (Å²) in [5.41, 5.74) is 3.22. The van der Waals surface area contributed by atoms with E-state index in [-0.39, 0.29) is 11.8 Å². The number of benzene rings is 2. The number of allylic oxidation sites excluding steroid dienone is 2. The van der Waals surface area contributed by atoms with Gasteiger partial charge in [-0.3, -0.25) is 4.79 Å². The first-order valence-electron chi connectivity index (χ1n) is 7.44. The van der Waals surface area contributed by atoms with Gasteiger partial charge in [0.05, 0.1) is 0 Å². The third-order valence-corrected chi connectivity index (χ3v) is 3.90. The molecule has 1 aliphatic rings. The van der Waals surface area contributed by atoms with Crippen molar-refractivity contribution in [2.75, 3.05) is 5.32 Å². The molecule has 2 aromatic carbocycles. The maximum Gasteiger partial charge on any atom is 0.227 e. The van der Waals surface area contributed by atoms with Gasteiger partial charge in [0.1, 0.15) is 0 Å². The van der Waals surface area contributed by atoms with Crippen LogP contribution < -0.4 is 5.32 Å². The van der Waals surface area contributed by atoms with E-state index in [0.717, 1.165) is 30.5 Å². The molecule has 0 aliphatic heterocycles. The molecule has 2 nitrogen and oxygen atoms in total. The summed E-state index contributed by atoms with van der Waals surface area (Å²) in [6.07, 6.45) is 7.06. The number of hydrogen-bond donors (Lipinski definition) is 1. The average molecular weight is 277 g/mol. The zero-order chi connectivity index (χ0) is 14.5. The third kappa shape index (κ3) is 3.40. The van der Waals surface area contributed by atoms with Crippen molar-refractivity contribution in [1.82, 2.24) is 0 Å². The Balaban J connectivity index is 1.67. The lowest BCUT2D eigenvalue weighted by atomic mass is 9.93. The van der Waals surface area contributed by atoms with Crippen molar-refractivity contribution >= 4 is 11.6 Å². The summed E-state index contributed by atoms with van der Waals surface area (Å²) in [7, 11) is 0. The molecule has 1 amide bonds. The molecule has 1 unspecified atom stereocenters. The molecule has 0 aromatic heterocycles. The zero-order valence-corrected chi connectivity index (χ0v) is 12.0. The molecule has 0 radical (unpaired) electrons. The van der Waals surface area contributed by atoms with Gasteiger partial charge in [-0.25, -0.2) is 0 Å². The Hall–Kier alpha value is -2.35. The van der Waals surface area contributed by atoms with Gasteiger partial charge in [-0.2, -0.15) is 0 Å². The van der Waals surface area contributed by atoms with Crippen molar-refractivity contribution < 1.29 is 4.79 Å². The second-order valence-electron chi connectivity index (χ2n) is 5.41. The van der Waals surface area contributed by atoms with Crippen LogP contribution in [0.3, 0.4) is 0 Å². The van der Waals surface area contributed by atoms with Gasteiger partial charge in [0, 0.05) is 11.6 Å². The minimum absolute atomic E-state index is 0.115. The monoisotopic (exact) mass is 277 g/mol. The second-order valence-corrected chi connectivity index (χ2v) is 5.41. The van der Waals surface area contributed by atoms with Gasteiger partial charge in [0.2, 0.25) is 5.91 Å². The summed E-state index contributed by atoms with van der Waals surface area (Å²) in [6.45, 7) is 0. The summed E-state index contributed by atoms with van der Waals surface area (Å²) < 4.78 is 0. The average Bonchev–Trinajstić information content (AvgIpc) is 2.57. The maximum atomic E-state index is 12.2. The molecule has 1 atom stereocenters. The fraction of sp³-hybridized carbons (Fsp3) is 0.211. The molecular formula is C19H19NO. The molecule has 106 valence electrons. The minimum Gasteiger partial charge on any atom is -0.326 e. The SMILES string of the molecule is O=C(Nc1ccc(-c2ccccc2)cc1)C1CC=CCC1. The van der Waals surface area contributed by atoms with Crippen LogP contribution >= 0.6 is 0 Å². The Bertz CT molecular complexity index is 628. The first-order valence-corrected chi connectivity index (χ1v) is 7.44. The molecule has 0 bridgehead atoms. The van der Waals surface area contributed by atoms with E-state index in [4.69, 9.17) is 0 Å². The Labute approximate surface area is 125 Å². The molecule has 2 heteroatoms. The number of carbonyl (C=O) groups is 1. The van der Waals surface area contributed by atoms with E-state index in [9.17, 15) is 4.79 Å². The fourth-order valence-corrected chi connectivity index (χ4v) is 2.65. The van der Waals surface area contributed by atoms with Gasteiger partial charge >= 0.3 is 0 Å². The summed E-state index contributed by atoms with van der Waals surface area (Å²) in [4.78, 5) is 12.2. The highest BCUT2D eigenvalue weighted by atomic mass is 16.1. The van der Waals surface area contributed by atoms with Crippen molar-refractivity contribution in [3.63, 3.8) is 0 Å². The van der Waals surface area contributed by atoms with Crippen LogP contribution in [0.1, 0.15) is 19.3 Å². The summed E-state index contributed by atoms with van der Waals surface area (Å²) in [5.74, 6) is 0.246. The van der Waals surface area contributed by atoms with Gasteiger partial charge in [-0.1, -0.05) is 54.6 Å². The van der Waals surface area contributed by atoms with Crippen LogP contribution in [-0.4, -0.2) is 5.91 Å². The fourth-order valence-electron chi connectivity index (χ4n) is 2.65. The standard InChI is InChI=1S/C19H19NO/c21-19(17-9-5-2-6-10-17)20-18-13-11-16(12-14-18)15-7-3-1-4-8-15/h1-5,7-8,11-14,17H,6,9-10H2,(H,20,21). The van der Waals surface area contributed by atoms with Crippen molar-refractivity contribution in [3.8, 4) is 11.1 Å². The third-order valence-electron chi connectivity index (χ3n) is 3.90. The lowest BCUT2D eigenvalue weighted by Gasteiger charge is -2.17. The van der Waals surface area contributed by atoms with E-state index in [1.165, 1.54) is 5.56 Å². The lowest BCUT2D eigenvalue weighted by molar-refractivity contribution is -0.120. The van der Waals surface area contributed by atoms with Crippen LogP contribution in [0.15, 0.2) is 66.7 Å². The molecule has 0 saturated carbocycles. The number of anilines is 1. The van der Waals surface area contributed by atoms with Gasteiger partial charge in [0.25, 0.3) is 0 Å². The van der Waals surface area contributed by atoms with Crippen molar-refractivity contribution in [2.24, 2.45) is 5.92 Å². The number of amides is 1. The predicted octanol–water partition coefficient (Wildman–Crippen LogP) is 4.65. The highest BCUT2D eigenvalue weighted by molar-refractivity contribution is 5.93. The number of nitrogens with one attached hydrogen (secondary N) is 1. The molecule has 0 fully saturated rings. The summed E-state index contributed by atoms with van der Waals surface area (Å²) >= 11 is 0. The molecule has 1 aliphatic carbocycles. The van der Waals surface area contributed by atoms with Crippen LogP contribution in [0.25, 0.3) is 11.1 Å². The number of hydrogen-bond acceptors (Lipinski definition) is 1. The summed E-state index contributed by atoms with van der Waals surface area (Å²) in [5, 5.41) is 3.02. The first-order chi connectivity index (χ1) is 10.3. The van der Waals surface area contributed by atoms with Crippen molar-refractivity contribution in [2.45, 2.75) is 19.3 Å². The van der Waals surface area contributed by atoms with E-state index < -0.39 is 0 Å². The molecule has 3 rings (SSSR count). The largest absolute Gasteiger partial charge is 0.326 e. The molecule has 1 N–H and O–H groups in total. The maximum absolute atomic E-state index is 12.2. The second kappa shape index (κ2) is 6.40. The van der Waals surface area contributed by atoms with Gasteiger partial charge in [-0.15, -0.1) is 0 Å². The van der Waals surface area contributed by atoms with Gasteiger partial charge in [0.15, 0.2) is 0 Å². The van der Waals surface area contributed by atoms with Crippen molar-refractivity contribution in [1.29, 1.82) is 0 Å². The van der Waals surface area contributed by atoms with Crippen LogP contribution in [0.5, 0.6) is 0 Å². The van der Waals surface area contributed by atoms with E-state index in [1.807, 2.05) is 42.5 Å². The summed E-state index contributed by atoms with van der Waals surface area (Å²) in [6, 6.07) is 18.3. The highest BCUT2D eigenvalue weighted by Gasteiger charge is 2.18. The van der Waals surface area contributed by atoms with Crippen molar-refractivity contribution in [3.05, 3.63) is 66.7 Å². The van der Waals surface area contributed by atoms with Crippen LogP contribution in [0.4, 0.5) is 5.69 Å². The zero-order valence-electron chi connectivity index (χ0n) is 12.0. The molecule has 2 aromatic rings. The van der Waals surface area contributed by atoms with Gasteiger partial charge < -0.3 is 5.32 Å². The van der Waals surface area contributed by atoms with Gasteiger partial charge in [-0.05, 0) is 42.5 Å². The Morgan fingerprint density at radius 2 is 1.62 bits per heavy atom. The molecule has 0 saturated heterocycles. The molecule has 21 heavy (non-hydrogen) atoms. The normalized spacial score (nSPS) is 17.4. The smallest absolute Gasteiger partial charge is 0.227 e. The quantitative estimate of drug-likeness (QED) is 0.813. The van der Waals surface area contributed by atoms with Crippen LogP contribution in [0.2, 0.25) is 0 Å². The van der Waals surface area contributed by atoms with Crippen LogP contribution in [-0.2, 0) is 4.79 Å². The predicted molar refractivity (Wildman–Crippen MR) is 87.0 cm³/mol. The van der Waals surface area contributed by atoms with E-state index in [0.29, 0.717) is 0 Å². The van der Waals surface area contributed by atoms with E-state index >= 15 is 0 Å². The Morgan fingerprint density at radius 1 is 0.905 bits per heavy atom. The first kappa shape index (κ1) is 13.6. The topological polar surface area (TPSA) is 29.1 Å². The van der Waals surface area contributed by atoms with E-state index in [1.54, 1.807) is 0 Å². The van der Waals surface area contributed by atoms with E-state index in [2.05, 4.69) is 29.6 Å². The Morgan fingerprint density at radius 3 is 2.29 bits per heavy atom. The lowest BCUT2D eigenvalue weighted by Crippen LogP contribution is -2.23. The van der Waals surface area contributed by atoms with Crippen LogP contribution in [0, 0.1) is 5.92 Å². The molecule has 0 spiro atoms. The molecule has 0 heterocycles. The highest BCUT2D eigenvalue weighted by Crippen LogP contribution is 2.23. The number of carbonyl (C=O) groups excluding carboxylic acids is 1. The molecular weight excluding hydrogens is 258 g/mol. The minimum atomic E-state index is 0.115. The number of rotatable bonds is 3.